The zero-order valence-electron chi connectivity index (χ0n) is 16.6. The highest BCUT2D eigenvalue weighted by molar-refractivity contribution is 5.91. The number of hydrogen-bond acceptors (Lipinski definition) is 6. The monoisotopic (exact) mass is 422 g/mol. The van der Waals surface area contributed by atoms with Crippen molar-refractivity contribution in [3.05, 3.63) is 89.7 Å². The quantitative estimate of drug-likeness (QED) is 0.260. The van der Waals surface area contributed by atoms with E-state index in [0.717, 1.165) is 0 Å². The van der Waals surface area contributed by atoms with E-state index >= 15 is 0 Å². The molecule has 0 saturated carbocycles. The number of methoxy groups -OCH3 is 1. The van der Waals surface area contributed by atoms with Gasteiger partial charge in [0.25, 0.3) is 5.91 Å². The highest BCUT2D eigenvalue weighted by Crippen LogP contribution is 2.25. The normalized spacial score (nSPS) is 10.5. The lowest BCUT2D eigenvalue weighted by Crippen LogP contribution is -2.24. The van der Waals surface area contributed by atoms with Gasteiger partial charge in [0.05, 0.1) is 18.9 Å². The van der Waals surface area contributed by atoms with Crippen molar-refractivity contribution in [2.24, 2.45) is 5.10 Å². The number of benzene rings is 3. The van der Waals surface area contributed by atoms with E-state index in [1.807, 2.05) is 0 Å². The van der Waals surface area contributed by atoms with Crippen LogP contribution in [0.5, 0.6) is 17.2 Å². The molecule has 31 heavy (non-hydrogen) atoms. The van der Waals surface area contributed by atoms with Crippen LogP contribution < -0.4 is 19.6 Å². The molecule has 1 amide bonds. The Hall–Kier alpha value is -4.20. The summed E-state index contributed by atoms with van der Waals surface area (Å²) < 4.78 is 29.3. The molecule has 8 heteroatoms. The minimum atomic E-state index is -0.790. The summed E-state index contributed by atoms with van der Waals surface area (Å²) in [5, 5.41) is 3.85. The maximum Gasteiger partial charge on any atom is 0.346 e. The van der Waals surface area contributed by atoms with Gasteiger partial charge < -0.3 is 14.2 Å². The van der Waals surface area contributed by atoms with Crippen LogP contribution in [0.25, 0.3) is 0 Å². The fraction of sp³-hybridized carbons (Fsp3) is 0.0870. The molecule has 0 aliphatic heterocycles. The van der Waals surface area contributed by atoms with Crippen molar-refractivity contribution < 1.29 is 28.2 Å². The third kappa shape index (κ3) is 6.14. The van der Waals surface area contributed by atoms with Crippen LogP contribution in [0.2, 0.25) is 0 Å². The van der Waals surface area contributed by atoms with Crippen molar-refractivity contribution in [1.29, 1.82) is 0 Å². The Bertz CT molecular complexity index is 1080. The van der Waals surface area contributed by atoms with Crippen LogP contribution in [0.15, 0.2) is 77.9 Å². The summed E-state index contributed by atoms with van der Waals surface area (Å²) in [5.41, 5.74) is 2.85. The number of para-hydroxylation sites is 2. The smallest absolute Gasteiger partial charge is 0.346 e. The summed E-state index contributed by atoms with van der Waals surface area (Å²) in [4.78, 5) is 23.9. The highest BCUT2D eigenvalue weighted by Gasteiger charge is 2.13. The molecular weight excluding hydrogens is 403 g/mol. The summed E-state index contributed by atoms with van der Waals surface area (Å²) in [7, 11) is 1.51. The van der Waals surface area contributed by atoms with Gasteiger partial charge in [-0.2, -0.15) is 5.10 Å². The molecule has 1 N–H and O–H groups in total. The molecule has 0 aliphatic carbocycles. The van der Waals surface area contributed by atoms with E-state index in [9.17, 15) is 14.0 Å². The number of rotatable bonds is 8. The van der Waals surface area contributed by atoms with Crippen molar-refractivity contribution in [2.45, 2.75) is 0 Å². The molecule has 0 bridgehead atoms. The van der Waals surface area contributed by atoms with E-state index in [0.29, 0.717) is 17.1 Å². The lowest BCUT2D eigenvalue weighted by molar-refractivity contribution is -0.123. The molecule has 3 aromatic carbocycles. The van der Waals surface area contributed by atoms with Crippen molar-refractivity contribution in [3.8, 4) is 17.2 Å². The Morgan fingerprint density at radius 2 is 1.65 bits per heavy atom. The molecular formula is C23H19FN2O5. The van der Waals surface area contributed by atoms with Crippen molar-refractivity contribution in [2.75, 3.05) is 13.7 Å². The zero-order valence-corrected chi connectivity index (χ0v) is 16.6. The lowest BCUT2D eigenvalue weighted by atomic mass is 10.2. The first-order valence-corrected chi connectivity index (χ1v) is 9.21. The van der Waals surface area contributed by atoms with Crippen LogP contribution in [0.4, 0.5) is 4.39 Å². The van der Waals surface area contributed by atoms with Gasteiger partial charge in [0.2, 0.25) is 0 Å². The van der Waals surface area contributed by atoms with Gasteiger partial charge in [0.15, 0.2) is 18.1 Å². The van der Waals surface area contributed by atoms with E-state index in [1.165, 1.54) is 43.7 Å². The predicted molar refractivity (Wildman–Crippen MR) is 112 cm³/mol. The Kier molecular flexibility index (Phi) is 7.31. The van der Waals surface area contributed by atoms with Crippen LogP contribution in [0.3, 0.4) is 0 Å². The number of amides is 1. The van der Waals surface area contributed by atoms with Gasteiger partial charge in [0, 0.05) is 0 Å². The van der Waals surface area contributed by atoms with Crippen molar-refractivity contribution in [1.82, 2.24) is 5.43 Å². The van der Waals surface area contributed by atoms with Crippen LogP contribution in [0.1, 0.15) is 15.9 Å². The van der Waals surface area contributed by atoms with Crippen molar-refractivity contribution in [3.63, 3.8) is 0 Å². The lowest BCUT2D eigenvalue weighted by Gasteiger charge is -2.09. The minimum Gasteiger partial charge on any atom is -0.493 e. The second kappa shape index (κ2) is 10.5. The number of nitrogens with one attached hydrogen (secondary N) is 1. The number of nitrogens with zero attached hydrogens (tertiary/aromatic N) is 1. The molecule has 3 rings (SSSR count). The van der Waals surface area contributed by atoms with Gasteiger partial charge in [-0.05, 0) is 54.1 Å². The average Bonchev–Trinajstić information content (AvgIpc) is 2.79. The van der Waals surface area contributed by atoms with Crippen LogP contribution in [-0.4, -0.2) is 31.8 Å². The van der Waals surface area contributed by atoms with Crippen LogP contribution in [-0.2, 0) is 4.79 Å². The topological polar surface area (TPSA) is 86.2 Å². The number of esters is 1. The summed E-state index contributed by atoms with van der Waals surface area (Å²) >= 11 is 0. The molecule has 0 atom stereocenters. The maximum atomic E-state index is 13.6. The summed E-state index contributed by atoms with van der Waals surface area (Å²) in [6.45, 7) is -0.233. The SMILES string of the molecule is COc1ccccc1OCC(=O)N/N=C\c1ccc(OC(=O)c2ccccc2F)cc1. The molecule has 0 aliphatic rings. The second-order valence-electron chi connectivity index (χ2n) is 6.17. The number of hydrogen-bond donors (Lipinski definition) is 1. The third-order valence-corrected chi connectivity index (χ3v) is 4.02. The predicted octanol–water partition coefficient (Wildman–Crippen LogP) is 3.58. The summed E-state index contributed by atoms with van der Waals surface area (Å²) in [6.07, 6.45) is 1.42. The van der Waals surface area contributed by atoms with E-state index in [1.54, 1.807) is 42.5 Å². The third-order valence-electron chi connectivity index (χ3n) is 4.02. The first kappa shape index (κ1) is 21.5. The van der Waals surface area contributed by atoms with Gasteiger partial charge in [-0.25, -0.2) is 14.6 Å². The maximum absolute atomic E-state index is 13.6. The van der Waals surface area contributed by atoms with E-state index in [2.05, 4.69) is 10.5 Å². The Balaban J connectivity index is 1.48. The minimum absolute atomic E-state index is 0.147. The molecule has 0 radical (unpaired) electrons. The zero-order chi connectivity index (χ0) is 22.1. The van der Waals surface area contributed by atoms with E-state index in [4.69, 9.17) is 14.2 Å². The standard InChI is InChI=1S/C23H19FN2O5/c1-29-20-8-4-5-9-21(20)30-15-22(27)26-25-14-16-10-12-17(13-11-16)31-23(28)18-6-2-3-7-19(18)24/h2-14H,15H2,1H3,(H,26,27)/b25-14-. The number of carbonyl (C=O) groups is 2. The van der Waals surface area contributed by atoms with Crippen LogP contribution >= 0.6 is 0 Å². The van der Waals surface area contributed by atoms with Gasteiger partial charge in [0.1, 0.15) is 11.6 Å². The molecule has 0 saturated heterocycles. The number of carbonyl (C=O) groups excluding carboxylic acids is 2. The first-order valence-electron chi connectivity index (χ1n) is 9.21. The molecule has 3 aromatic rings. The molecule has 0 fully saturated rings. The van der Waals surface area contributed by atoms with Gasteiger partial charge in [-0.15, -0.1) is 0 Å². The molecule has 7 nitrogen and oxygen atoms in total. The summed E-state index contributed by atoms with van der Waals surface area (Å²) in [5.74, 6) is -0.667. The number of ether oxygens (including phenoxy) is 3. The van der Waals surface area contributed by atoms with Gasteiger partial charge in [-0.3, -0.25) is 4.79 Å². The number of halogens is 1. The Labute approximate surface area is 178 Å². The first-order chi connectivity index (χ1) is 15.1. The highest BCUT2D eigenvalue weighted by atomic mass is 19.1. The largest absolute Gasteiger partial charge is 0.493 e. The van der Waals surface area contributed by atoms with Gasteiger partial charge in [-0.1, -0.05) is 24.3 Å². The Morgan fingerprint density at radius 3 is 2.35 bits per heavy atom. The molecule has 158 valence electrons. The summed E-state index contributed by atoms with van der Waals surface area (Å²) in [6, 6.07) is 18.9. The molecule has 0 unspecified atom stereocenters. The van der Waals surface area contributed by atoms with Gasteiger partial charge >= 0.3 is 5.97 Å². The molecule has 0 aromatic heterocycles. The average molecular weight is 422 g/mol. The fourth-order valence-corrected chi connectivity index (χ4v) is 2.50. The van der Waals surface area contributed by atoms with E-state index < -0.39 is 17.7 Å². The molecule has 0 heterocycles. The number of hydrazone groups is 1. The van der Waals surface area contributed by atoms with Crippen LogP contribution in [0, 0.1) is 5.82 Å². The fourth-order valence-electron chi connectivity index (χ4n) is 2.50. The second-order valence-corrected chi connectivity index (χ2v) is 6.17. The van der Waals surface area contributed by atoms with Crippen molar-refractivity contribution >= 4 is 18.1 Å². The van der Waals surface area contributed by atoms with E-state index in [-0.39, 0.29) is 17.9 Å². The molecule has 0 spiro atoms. The Morgan fingerprint density at radius 1 is 0.968 bits per heavy atom.